The molecule has 0 spiro atoms. The number of hydrogen-bond donors (Lipinski definition) is 0. The summed E-state index contributed by atoms with van der Waals surface area (Å²) in [5.41, 5.74) is -0.200. The molecule has 0 saturated heterocycles. The van der Waals surface area contributed by atoms with E-state index in [1.165, 1.54) is 0 Å². The Morgan fingerprint density at radius 3 is 2.33 bits per heavy atom. The van der Waals surface area contributed by atoms with Gasteiger partial charge < -0.3 is 0 Å². The van der Waals surface area contributed by atoms with Gasteiger partial charge in [0.05, 0.1) is 12.2 Å². The summed E-state index contributed by atoms with van der Waals surface area (Å²) < 4.78 is 0. The summed E-state index contributed by atoms with van der Waals surface area (Å²) in [5.74, 6) is 0. The third-order valence-electron chi connectivity index (χ3n) is 1.08. The molecule has 0 fully saturated rings. The van der Waals surface area contributed by atoms with Crippen molar-refractivity contribution in [2.24, 2.45) is 0 Å². The Morgan fingerprint density at radius 2 is 1.83 bits per heavy atom. The molecule has 0 aliphatic heterocycles. The van der Waals surface area contributed by atoms with E-state index in [1.807, 2.05) is 20.8 Å². The fourth-order valence-corrected chi connectivity index (χ4v) is 0.619. The average molecular weight is 172 g/mol. The fraction of sp³-hybridized carbons (Fsp3) is 0.800. The van der Waals surface area contributed by atoms with E-state index in [2.05, 4.69) is 19.1 Å². The van der Waals surface area contributed by atoms with E-state index < -0.39 is 0 Å². The second-order valence-corrected chi connectivity index (χ2v) is 3.69. The van der Waals surface area contributed by atoms with E-state index >= 15 is 0 Å². The van der Waals surface area contributed by atoms with Crippen molar-refractivity contribution in [1.29, 1.82) is 0 Å². The van der Waals surface area contributed by atoms with E-state index in [-0.39, 0.29) is 5.60 Å². The highest BCUT2D eigenvalue weighted by atomic mass is 17.2. The van der Waals surface area contributed by atoms with Crippen molar-refractivity contribution in [2.45, 2.75) is 46.1 Å². The molecule has 0 amide bonds. The van der Waals surface area contributed by atoms with Gasteiger partial charge in [0.15, 0.2) is 0 Å². The topological polar surface area (TPSA) is 18.5 Å². The normalized spacial score (nSPS) is 12.7. The Kier molecular flexibility index (Phi) is 6.03. The van der Waals surface area contributed by atoms with E-state index in [4.69, 9.17) is 9.78 Å². The summed E-state index contributed by atoms with van der Waals surface area (Å²) in [4.78, 5) is 10.1. The molecule has 0 unspecified atom stereocenters. The summed E-state index contributed by atoms with van der Waals surface area (Å²) in [5, 5.41) is 0. The SMILES string of the molecule is CCC=CCCOOC(C)(C)C. The largest absolute Gasteiger partial charge is 0.236 e. The van der Waals surface area contributed by atoms with Crippen LogP contribution in [0.5, 0.6) is 0 Å². The molecular weight excluding hydrogens is 152 g/mol. The van der Waals surface area contributed by atoms with Crippen LogP contribution in [0.4, 0.5) is 0 Å². The highest BCUT2D eigenvalue weighted by Crippen LogP contribution is 2.06. The Hall–Kier alpha value is -0.340. The van der Waals surface area contributed by atoms with Gasteiger partial charge in [-0.1, -0.05) is 19.1 Å². The van der Waals surface area contributed by atoms with Gasteiger partial charge in [0.1, 0.15) is 0 Å². The van der Waals surface area contributed by atoms with E-state index in [9.17, 15) is 0 Å². The smallest absolute Gasteiger partial charge is 0.0952 e. The van der Waals surface area contributed by atoms with Crippen LogP contribution < -0.4 is 0 Å². The lowest BCUT2D eigenvalue weighted by atomic mass is 10.2. The minimum Gasteiger partial charge on any atom is -0.236 e. The highest BCUT2D eigenvalue weighted by Gasteiger charge is 2.10. The lowest BCUT2D eigenvalue weighted by Gasteiger charge is -2.16. The van der Waals surface area contributed by atoms with Gasteiger partial charge in [0.2, 0.25) is 0 Å². The van der Waals surface area contributed by atoms with Gasteiger partial charge in [0, 0.05) is 0 Å². The Morgan fingerprint density at radius 1 is 1.17 bits per heavy atom. The highest BCUT2D eigenvalue weighted by molar-refractivity contribution is 4.79. The van der Waals surface area contributed by atoms with Crippen molar-refractivity contribution in [3.05, 3.63) is 12.2 Å². The Balaban J connectivity index is 3.17. The summed E-state index contributed by atoms with van der Waals surface area (Å²) in [7, 11) is 0. The molecule has 0 aromatic heterocycles. The van der Waals surface area contributed by atoms with Crippen LogP contribution in [-0.2, 0) is 9.78 Å². The van der Waals surface area contributed by atoms with E-state index in [0.29, 0.717) is 6.61 Å². The molecule has 72 valence electrons. The average Bonchev–Trinajstić information content (AvgIpc) is 1.94. The van der Waals surface area contributed by atoms with Crippen LogP contribution in [0, 0.1) is 0 Å². The lowest BCUT2D eigenvalue weighted by Crippen LogP contribution is -2.19. The standard InChI is InChI=1S/C10H20O2/c1-5-6-7-8-9-11-12-10(2,3)4/h6-7H,5,8-9H2,1-4H3. The zero-order valence-corrected chi connectivity index (χ0v) is 8.59. The van der Waals surface area contributed by atoms with Gasteiger partial charge in [-0.2, -0.15) is 0 Å². The molecule has 12 heavy (non-hydrogen) atoms. The number of allylic oxidation sites excluding steroid dienone is 1. The first kappa shape index (κ1) is 11.7. The van der Waals surface area contributed by atoms with Gasteiger partial charge in [0.25, 0.3) is 0 Å². The maximum Gasteiger partial charge on any atom is 0.0952 e. The van der Waals surface area contributed by atoms with Crippen LogP contribution in [0.1, 0.15) is 40.5 Å². The monoisotopic (exact) mass is 172 g/mol. The van der Waals surface area contributed by atoms with Crippen molar-refractivity contribution in [3.8, 4) is 0 Å². The molecule has 0 radical (unpaired) electrons. The lowest BCUT2D eigenvalue weighted by molar-refractivity contribution is -0.347. The molecule has 0 rings (SSSR count). The summed E-state index contributed by atoms with van der Waals surface area (Å²) in [6.45, 7) is 8.65. The predicted octanol–water partition coefficient (Wildman–Crippen LogP) is 3.09. The Labute approximate surface area is 75.5 Å². The zero-order chi connectivity index (χ0) is 9.45. The predicted molar refractivity (Wildman–Crippen MR) is 50.8 cm³/mol. The van der Waals surface area contributed by atoms with Crippen molar-refractivity contribution in [3.63, 3.8) is 0 Å². The third kappa shape index (κ3) is 9.66. The van der Waals surface area contributed by atoms with Gasteiger partial charge in [-0.3, -0.25) is 0 Å². The Bertz CT molecular complexity index is 122. The molecule has 0 aromatic rings. The minimum atomic E-state index is -0.200. The van der Waals surface area contributed by atoms with Gasteiger partial charge in [-0.15, -0.1) is 0 Å². The molecule has 0 aliphatic rings. The van der Waals surface area contributed by atoms with Crippen molar-refractivity contribution < 1.29 is 9.78 Å². The van der Waals surface area contributed by atoms with Gasteiger partial charge in [-0.05, 0) is 33.6 Å². The molecule has 0 aromatic carbocycles. The van der Waals surface area contributed by atoms with Crippen molar-refractivity contribution in [1.82, 2.24) is 0 Å². The molecule has 0 bridgehead atoms. The van der Waals surface area contributed by atoms with Crippen molar-refractivity contribution >= 4 is 0 Å². The van der Waals surface area contributed by atoms with Crippen LogP contribution in [0.3, 0.4) is 0 Å². The second-order valence-electron chi connectivity index (χ2n) is 3.69. The molecular formula is C10H20O2. The quantitative estimate of drug-likeness (QED) is 0.274. The van der Waals surface area contributed by atoms with Crippen LogP contribution in [0.25, 0.3) is 0 Å². The zero-order valence-electron chi connectivity index (χ0n) is 8.59. The van der Waals surface area contributed by atoms with Crippen LogP contribution in [0.2, 0.25) is 0 Å². The molecule has 0 heterocycles. The first-order valence-corrected chi connectivity index (χ1v) is 4.52. The van der Waals surface area contributed by atoms with E-state index in [0.717, 1.165) is 12.8 Å². The first-order valence-electron chi connectivity index (χ1n) is 4.52. The summed E-state index contributed by atoms with van der Waals surface area (Å²) in [6, 6.07) is 0. The fourth-order valence-electron chi connectivity index (χ4n) is 0.619. The maximum absolute atomic E-state index is 5.08. The summed E-state index contributed by atoms with van der Waals surface area (Å²) >= 11 is 0. The molecule has 2 nitrogen and oxygen atoms in total. The molecule has 0 aliphatic carbocycles. The van der Waals surface area contributed by atoms with Gasteiger partial charge >= 0.3 is 0 Å². The van der Waals surface area contributed by atoms with Crippen LogP contribution in [0.15, 0.2) is 12.2 Å². The first-order chi connectivity index (χ1) is 5.56. The van der Waals surface area contributed by atoms with Gasteiger partial charge in [-0.25, -0.2) is 9.78 Å². The molecule has 0 saturated carbocycles. The van der Waals surface area contributed by atoms with Crippen LogP contribution >= 0.6 is 0 Å². The third-order valence-corrected chi connectivity index (χ3v) is 1.08. The molecule has 2 heteroatoms. The van der Waals surface area contributed by atoms with Crippen LogP contribution in [-0.4, -0.2) is 12.2 Å². The minimum absolute atomic E-state index is 0.200. The number of rotatable bonds is 5. The molecule has 0 atom stereocenters. The summed E-state index contributed by atoms with van der Waals surface area (Å²) in [6.07, 6.45) is 6.23. The van der Waals surface area contributed by atoms with E-state index in [1.54, 1.807) is 0 Å². The maximum atomic E-state index is 5.08. The second kappa shape index (κ2) is 6.21. The number of hydrogen-bond acceptors (Lipinski definition) is 2. The molecule has 0 N–H and O–H groups in total. The van der Waals surface area contributed by atoms with Crippen molar-refractivity contribution in [2.75, 3.05) is 6.61 Å².